The zero-order valence-electron chi connectivity index (χ0n) is 14.7. The van der Waals surface area contributed by atoms with Crippen LogP contribution in [-0.4, -0.2) is 34.8 Å². The van der Waals surface area contributed by atoms with E-state index in [1.54, 1.807) is 11.3 Å². The van der Waals surface area contributed by atoms with Gasteiger partial charge in [0.15, 0.2) is 0 Å². The molecule has 0 bridgehead atoms. The van der Waals surface area contributed by atoms with E-state index in [2.05, 4.69) is 5.32 Å². The quantitative estimate of drug-likeness (QED) is 0.880. The Kier molecular flexibility index (Phi) is 5.02. The van der Waals surface area contributed by atoms with Crippen LogP contribution in [0.15, 0.2) is 35.7 Å². The standard InChI is InChI=1S/C20H23N3O2S/c24-18(14-8-9-14)21-11-17-13-26-19(22-17)16-7-4-10-23(12-16)20(25)15-5-2-1-3-6-15/h1-3,5-6,13-14,16H,4,7-12H2,(H,21,24)/t16-/m0/s1. The lowest BCUT2D eigenvalue weighted by atomic mass is 9.98. The van der Waals surface area contributed by atoms with Crippen LogP contribution in [0.1, 0.15) is 52.7 Å². The lowest BCUT2D eigenvalue weighted by Crippen LogP contribution is -2.39. The SMILES string of the molecule is O=C(NCc1csc([C@H]2CCCN(C(=O)c3ccccc3)C2)n1)C1CC1. The van der Waals surface area contributed by atoms with Gasteiger partial charge in [-0.05, 0) is 37.8 Å². The maximum absolute atomic E-state index is 12.7. The number of amides is 2. The van der Waals surface area contributed by atoms with Crippen molar-refractivity contribution < 1.29 is 9.59 Å². The third-order valence-corrected chi connectivity index (χ3v) is 6.10. The number of nitrogens with zero attached hydrogens (tertiary/aromatic N) is 2. The molecule has 6 heteroatoms. The molecule has 2 aromatic rings. The first kappa shape index (κ1) is 17.2. The normalized spacial score (nSPS) is 20.0. The zero-order valence-corrected chi connectivity index (χ0v) is 15.5. The molecule has 1 N–H and O–H groups in total. The molecule has 1 saturated carbocycles. The molecule has 136 valence electrons. The van der Waals surface area contributed by atoms with Crippen LogP contribution in [0.4, 0.5) is 0 Å². The molecule has 1 saturated heterocycles. The molecule has 0 unspecified atom stereocenters. The van der Waals surface area contributed by atoms with Crippen molar-refractivity contribution in [2.24, 2.45) is 5.92 Å². The van der Waals surface area contributed by atoms with Gasteiger partial charge in [-0.15, -0.1) is 11.3 Å². The van der Waals surface area contributed by atoms with Crippen LogP contribution in [0.5, 0.6) is 0 Å². The molecule has 4 rings (SSSR count). The Morgan fingerprint density at radius 2 is 2.00 bits per heavy atom. The Labute approximate surface area is 157 Å². The maximum atomic E-state index is 12.7. The van der Waals surface area contributed by atoms with Crippen molar-refractivity contribution in [3.8, 4) is 0 Å². The van der Waals surface area contributed by atoms with E-state index in [1.807, 2.05) is 40.6 Å². The van der Waals surface area contributed by atoms with E-state index in [9.17, 15) is 9.59 Å². The largest absolute Gasteiger partial charge is 0.350 e. The summed E-state index contributed by atoms with van der Waals surface area (Å²) in [6.45, 7) is 2.03. The fraction of sp³-hybridized carbons (Fsp3) is 0.450. The molecule has 1 aliphatic carbocycles. The molecule has 2 fully saturated rings. The maximum Gasteiger partial charge on any atom is 0.253 e. The van der Waals surface area contributed by atoms with Crippen molar-refractivity contribution in [1.29, 1.82) is 0 Å². The molecule has 1 aliphatic heterocycles. The number of benzene rings is 1. The number of likely N-dealkylation sites (tertiary alicyclic amines) is 1. The Hall–Kier alpha value is -2.21. The number of nitrogens with one attached hydrogen (secondary N) is 1. The van der Waals surface area contributed by atoms with E-state index >= 15 is 0 Å². The molecule has 5 nitrogen and oxygen atoms in total. The van der Waals surface area contributed by atoms with Gasteiger partial charge in [0.05, 0.1) is 17.2 Å². The average molecular weight is 369 g/mol. The van der Waals surface area contributed by atoms with Gasteiger partial charge in [-0.3, -0.25) is 9.59 Å². The molecule has 2 amide bonds. The number of carbonyl (C=O) groups is 2. The summed E-state index contributed by atoms with van der Waals surface area (Å²) in [7, 11) is 0. The Morgan fingerprint density at radius 1 is 1.19 bits per heavy atom. The van der Waals surface area contributed by atoms with E-state index < -0.39 is 0 Å². The van der Waals surface area contributed by atoms with Crippen molar-refractivity contribution in [2.75, 3.05) is 13.1 Å². The van der Waals surface area contributed by atoms with E-state index in [4.69, 9.17) is 4.98 Å². The van der Waals surface area contributed by atoms with Crippen LogP contribution < -0.4 is 5.32 Å². The monoisotopic (exact) mass is 369 g/mol. The number of hydrogen-bond donors (Lipinski definition) is 1. The minimum Gasteiger partial charge on any atom is -0.350 e. The second-order valence-corrected chi connectivity index (χ2v) is 8.02. The molecular weight excluding hydrogens is 346 g/mol. The van der Waals surface area contributed by atoms with Gasteiger partial charge in [-0.25, -0.2) is 4.98 Å². The van der Waals surface area contributed by atoms with Gasteiger partial charge in [-0.1, -0.05) is 18.2 Å². The van der Waals surface area contributed by atoms with Crippen LogP contribution in [0.2, 0.25) is 0 Å². The van der Waals surface area contributed by atoms with Crippen molar-refractivity contribution in [3.05, 3.63) is 52.0 Å². The van der Waals surface area contributed by atoms with Gasteiger partial charge >= 0.3 is 0 Å². The van der Waals surface area contributed by atoms with Crippen LogP contribution in [0.3, 0.4) is 0 Å². The van der Waals surface area contributed by atoms with Gasteiger partial charge in [0.2, 0.25) is 5.91 Å². The number of rotatable bonds is 5. The van der Waals surface area contributed by atoms with Crippen molar-refractivity contribution in [1.82, 2.24) is 15.2 Å². The topological polar surface area (TPSA) is 62.3 Å². The summed E-state index contributed by atoms with van der Waals surface area (Å²) < 4.78 is 0. The van der Waals surface area contributed by atoms with E-state index in [-0.39, 0.29) is 23.7 Å². The third-order valence-electron chi connectivity index (χ3n) is 5.04. The highest BCUT2D eigenvalue weighted by molar-refractivity contribution is 7.09. The lowest BCUT2D eigenvalue weighted by Gasteiger charge is -2.32. The van der Waals surface area contributed by atoms with E-state index in [0.29, 0.717) is 6.54 Å². The van der Waals surface area contributed by atoms with Crippen LogP contribution in [0.25, 0.3) is 0 Å². The molecular formula is C20H23N3O2S. The van der Waals surface area contributed by atoms with E-state index in [0.717, 1.165) is 55.0 Å². The summed E-state index contributed by atoms with van der Waals surface area (Å²) in [5, 5.41) is 6.07. The number of aromatic nitrogens is 1. The lowest BCUT2D eigenvalue weighted by molar-refractivity contribution is -0.122. The van der Waals surface area contributed by atoms with Gasteiger partial charge in [0.1, 0.15) is 0 Å². The minimum atomic E-state index is 0.101. The zero-order chi connectivity index (χ0) is 17.9. The highest BCUT2D eigenvalue weighted by Crippen LogP contribution is 2.31. The molecule has 1 aromatic heterocycles. The average Bonchev–Trinajstić information content (AvgIpc) is 3.44. The van der Waals surface area contributed by atoms with Crippen LogP contribution in [-0.2, 0) is 11.3 Å². The first-order valence-corrected chi connectivity index (χ1v) is 10.1. The number of thiazole rings is 1. The summed E-state index contributed by atoms with van der Waals surface area (Å²) in [5.74, 6) is 0.763. The van der Waals surface area contributed by atoms with Crippen molar-refractivity contribution >= 4 is 23.2 Å². The molecule has 0 spiro atoms. The van der Waals surface area contributed by atoms with Crippen LogP contribution >= 0.6 is 11.3 Å². The Balaban J connectivity index is 1.37. The summed E-state index contributed by atoms with van der Waals surface area (Å²) >= 11 is 1.64. The first-order chi connectivity index (χ1) is 12.7. The fourth-order valence-electron chi connectivity index (χ4n) is 3.39. The fourth-order valence-corrected chi connectivity index (χ4v) is 4.33. The number of piperidine rings is 1. The molecule has 1 aromatic carbocycles. The summed E-state index contributed by atoms with van der Waals surface area (Å²) in [5.41, 5.74) is 1.67. The number of hydrogen-bond acceptors (Lipinski definition) is 4. The summed E-state index contributed by atoms with van der Waals surface area (Å²) in [6, 6.07) is 9.47. The smallest absolute Gasteiger partial charge is 0.253 e. The Bertz CT molecular complexity index is 785. The first-order valence-electron chi connectivity index (χ1n) is 9.27. The van der Waals surface area contributed by atoms with Gasteiger partial charge < -0.3 is 10.2 Å². The predicted molar refractivity (Wildman–Crippen MR) is 101 cm³/mol. The predicted octanol–water partition coefficient (Wildman–Crippen LogP) is 3.19. The second kappa shape index (κ2) is 7.58. The number of carbonyl (C=O) groups excluding carboxylic acids is 2. The minimum absolute atomic E-state index is 0.101. The van der Waals surface area contributed by atoms with Gasteiger partial charge in [0.25, 0.3) is 5.91 Å². The Morgan fingerprint density at radius 3 is 2.77 bits per heavy atom. The van der Waals surface area contributed by atoms with Crippen molar-refractivity contribution in [2.45, 2.75) is 38.1 Å². The van der Waals surface area contributed by atoms with Gasteiger partial charge in [-0.2, -0.15) is 0 Å². The third kappa shape index (κ3) is 3.96. The summed E-state index contributed by atoms with van der Waals surface area (Å²) in [4.78, 5) is 31.1. The van der Waals surface area contributed by atoms with Crippen LogP contribution in [0, 0.1) is 5.92 Å². The highest BCUT2D eigenvalue weighted by Gasteiger charge is 2.30. The second-order valence-electron chi connectivity index (χ2n) is 7.13. The molecule has 0 radical (unpaired) electrons. The molecule has 1 atom stereocenters. The molecule has 2 aliphatic rings. The van der Waals surface area contributed by atoms with Gasteiger partial charge in [0, 0.05) is 35.9 Å². The van der Waals surface area contributed by atoms with E-state index in [1.165, 1.54) is 0 Å². The highest BCUT2D eigenvalue weighted by atomic mass is 32.1. The molecule has 26 heavy (non-hydrogen) atoms. The molecule has 2 heterocycles. The van der Waals surface area contributed by atoms with Crippen molar-refractivity contribution in [3.63, 3.8) is 0 Å². The summed E-state index contributed by atoms with van der Waals surface area (Å²) in [6.07, 6.45) is 4.08.